The highest BCUT2D eigenvalue weighted by atomic mass is 15.0. The lowest BCUT2D eigenvalue weighted by Gasteiger charge is -2.47. The highest BCUT2D eigenvalue weighted by molar-refractivity contribution is 4.97. The fourth-order valence-electron chi connectivity index (χ4n) is 2.89. The molecule has 0 unspecified atom stereocenters. The molecule has 3 aliphatic carbocycles. The predicted molar refractivity (Wildman–Crippen MR) is 47.6 cm³/mol. The summed E-state index contributed by atoms with van der Waals surface area (Å²) < 4.78 is 0. The Bertz CT molecular complexity index is 114. The van der Waals surface area contributed by atoms with Gasteiger partial charge in [-0.25, -0.2) is 0 Å². The van der Waals surface area contributed by atoms with Crippen LogP contribution in [0.4, 0.5) is 0 Å². The summed E-state index contributed by atoms with van der Waals surface area (Å²) in [6.07, 6.45) is 8.83. The summed E-state index contributed by atoms with van der Waals surface area (Å²) in [5.74, 6) is 1.09. The molecular weight excluding hydrogens is 134 g/mol. The molecule has 3 fully saturated rings. The van der Waals surface area contributed by atoms with Crippen LogP contribution in [0.1, 0.15) is 45.4 Å². The van der Waals surface area contributed by atoms with E-state index in [2.05, 4.69) is 12.2 Å². The average Bonchev–Trinajstić information content (AvgIpc) is 2.07. The molecule has 0 amide bonds. The van der Waals surface area contributed by atoms with E-state index in [4.69, 9.17) is 0 Å². The fraction of sp³-hybridized carbons (Fsp3) is 1.00. The number of rotatable bonds is 2. The number of hydrogen-bond acceptors (Lipinski definition) is 1. The van der Waals surface area contributed by atoms with Crippen molar-refractivity contribution in [1.29, 1.82) is 0 Å². The van der Waals surface area contributed by atoms with Crippen LogP contribution in [0.3, 0.4) is 0 Å². The molecule has 1 N–H and O–H groups in total. The third kappa shape index (κ3) is 1.31. The number of fused-ring (bicyclic) bond motifs is 3. The first-order chi connectivity index (χ1) is 5.35. The van der Waals surface area contributed by atoms with Crippen LogP contribution in [0.2, 0.25) is 0 Å². The Morgan fingerprint density at radius 3 is 2.18 bits per heavy atom. The third-order valence-electron chi connectivity index (χ3n) is 3.65. The summed E-state index contributed by atoms with van der Waals surface area (Å²) in [7, 11) is 0. The van der Waals surface area contributed by atoms with Gasteiger partial charge in [-0.05, 0) is 51.0 Å². The minimum absolute atomic E-state index is 0.587. The molecule has 0 spiro atoms. The second-order valence-electron chi connectivity index (χ2n) is 4.29. The molecule has 64 valence electrons. The molecule has 0 saturated heterocycles. The van der Waals surface area contributed by atoms with Crippen LogP contribution in [0.15, 0.2) is 0 Å². The van der Waals surface area contributed by atoms with Gasteiger partial charge < -0.3 is 5.32 Å². The SMILES string of the molecule is CCNC12CCC(CC1)CC2. The van der Waals surface area contributed by atoms with Gasteiger partial charge in [-0.3, -0.25) is 0 Å². The van der Waals surface area contributed by atoms with Crippen molar-refractivity contribution in [2.75, 3.05) is 6.54 Å². The van der Waals surface area contributed by atoms with Gasteiger partial charge in [0.1, 0.15) is 0 Å². The Hall–Kier alpha value is -0.0400. The Labute approximate surface area is 69.6 Å². The number of hydrogen-bond donors (Lipinski definition) is 1. The van der Waals surface area contributed by atoms with Crippen LogP contribution in [-0.2, 0) is 0 Å². The Balaban J connectivity index is 2.00. The lowest BCUT2D eigenvalue weighted by molar-refractivity contribution is 0.107. The number of nitrogens with one attached hydrogen (secondary N) is 1. The summed E-state index contributed by atoms with van der Waals surface area (Å²) in [6, 6.07) is 0. The van der Waals surface area contributed by atoms with Gasteiger partial charge in [0, 0.05) is 5.54 Å². The van der Waals surface area contributed by atoms with Gasteiger partial charge in [-0.2, -0.15) is 0 Å². The molecule has 0 aromatic rings. The molecular formula is C10H19N. The van der Waals surface area contributed by atoms with Crippen molar-refractivity contribution in [2.24, 2.45) is 5.92 Å². The highest BCUT2D eigenvalue weighted by Crippen LogP contribution is 2.43. The van der Waals surface area contributed by atoms with E-state index in [1.54, 1.807) is 0 Å². The quantitative estimate of drug-likeness (QED) is 0.642. The molecule has 0 aliphatic heterocycles. The van der Waals surface area contributed by atoms with Gasteiger partial charge in [-0.1, -0.05) is 6.92 Å². The van der Waals surface area contributed by atoms with E-state index in [1.807, 2.05) is 0 Å². The van der Waals surface area contributed by atoms with E-state index in [9.17, 15) is 0 Å². The topological polar surface area (TPSA) is 12.0 Å². The van der Waals surface area contributed by atoms with Gasteiger partial charge in [0.2, 0.25) is 0 Å². The monoisotopic (exact) mass is 153 g/mol. The lowest BCUT2D eigenvalue weighted by Crippen LogP contribution is -2.51. The van der Waals surface area contributed by atoms with Crippen molar-refractivity contribution < 1.29 is 0 Å². The molecule has 0 heterocycles. The predicted octanol–water partition coefficient (Wildman–Crippen LogP) is 2.32. The van der Waals surface area contributed by atoms with Crippen LogP contribution in [0.25, 0.3) is 0 Å². The van der Waals surface area contributed by atoms with E-state index in [0.717, 1.165) is 12.5 Å². The average molecular weight is 153 g/mol. The minimum Gasteiger partial charge on any atom is -0.312 e. The normalized spacial score (nSPS) is 42.8. The van der Waals surface area contributed by atoms with Crippen molar-refractivity contribution >= 4 is 0 Å². The van der Waals surface area contributed by atoms with Crippen LogP contribution in [0.5, 0.6) is 0 Å². The summed E-state index contributed by atoms with van der Waals surface area (Å²) in [5.41, 5.74) is 0.587. The second-order valence-corrected chi connectivity index (χ2v) is 4.29. The van der Waals surface area contributed by atoms with Crippen LogP contribution in [-0.4, -0.2) is 12.1 Å². The largest absolute Gasteiger partial charge is 0.312 e. The maximum absolute atomic E-state index is 3.69. The van der Waals surface area contributed by atoms with Gasteiger partial charge in [-0.15, -0.1) is 0 Å². The van der Waals surface area contributed by atoms with E-state index in [-0.39, 0.29) is 0 Å². The zero-order chi connectivity index (χ0) is 7.73. The second kappa shape index (κ2) is 2.78. The first-order valence-electron chi connectivity index (χ1n) is 5.10. The molecule has 0 aromatic heterocycles. The molecule has 2 bridgehead atoms. The van der Waals surface area contributed by atoms with Crippen molar-refractivity contribution in [1.82, 2.24) is 5.32 Å². The summed E-state index contributed by atoms with van der Waals surface area (Å²) in [6.45, 7) is 3.39. The molecule has 0 atom stereocenters. The van der Waals surface area contributed by atoms with Crippen LogP contribution in [0, 0.1) is 5.92 Å². The molecule has 1 heteroatoms. The van der Waals surface area contributed by atoms with Crippen molar-refractivity contribution in [3.63, 3.8) is 0 Å². The molecule has 3 aliphatic rings. The van der Waals surface area contributed by atoms with Crippen molar-refractivity contribution in [3.8, 4) is 0 Å². The first kappa shape index (κ1) is 7.60. The zero-order valence-electron chi connectivity index (χ0n) is 7.53. The van der Waals surface area contributed by atoms with E-state index in [1.165, 1.54) is 38.5 Å². The van der Waals surface area contributed by atoms with Crippen molar-refractivity contribution in [2.45, 2.75) is 51.0 Å². The standard InChI is InChI=1S/C10H19N/c1-2-11-10-6-3-9(4-7-10)5-8-10/h9,11H,2-8H2,1H3. The van der Waals surface area contributed by atoms with Gasteiger partial charge in [0.15, 0.2) is 0 Å². The van der Waals surface area contributed by atoms with E-state index >= 15 is 0 Å². The molecule has 0 aromatic carbocycles. The van der Waals surface area contributed by atoms with Crippen LogP contribution >= 0.6 is 0 Å². The minimum atomic E-state index is 0.587. The van der Waals surface area contributed by atoms with E-state index < -0.39 is 0 Å². The summed E-state index contributed by atoms with van der Waals surface area (Å²) >= 11 is 0. The smallest absolute Gasteiger partial charge is 0.0181 e. The first-order valence-corrected chi connectivity index (χ1v) is 5.10. The Kier molecular flexibility index (Phi) is 1.92. The lowest BCUT2D eigenvalue weighted by atomic mass is 9.66. The van der Waals surface area contributed by atoms with E-state index in [0.29, 0.717) is 5.54 Å². The molecule has 11 heavy (non-hydrogen) atoms. The summed E-state index contributed by atoms with van der Waals surface area (Å²) in [4.78, 5) is 0. The molecule has 0 radical (unpaired) electrons. The van der Waals surface area contributed by atoms with Gasteiger partial charge >= 0.3 is 0 Å². The van der Waals surface area contributed by atoms with Gasteiger partial charge in [0.25, 0.3) is 0 Å². The molecule has 3 saturated carbocycles. The maximum atomic E-state index is 3.69. The Morgan fingerprint density at radius 2 is 1.73 bits per heavy atom. The van der Waals surface area contributed by atoms with Crippen molar-refractivity contribution in [3.05, 3.63) is 0 Å². The molecule has 1 nitrogen and oxygen atoms in total. The van der Waals surface area contributed by atoms with Crippen LogP contribution < -0.4 is 5.32 Å². The maximum Gasteiger partial charge on any atom is 0.0181 e. The summed E-state index contributed by atoms with van der Waals surface area (Å²) in [5, 5.41) is 3.69. The molecule has 3 rings (SSSR count). The zero-order valence-corrected chi connectivity index (χ0v) is 7.53. The van der Waals surface area contributed by atoms with Gasteiger partial charge in [0.05, 0.1) is 0 Å². The fourth-order valence-corrected chi connectivity index (χ4v) is 2.89. The third-order valence-corrected chi connectivity index (χ3v) is 3.65. The Morgan fingerprint density at radius 1 is 1.18 bits per heavy atom. The highest BCUT2D eigenvalue weighted by Gasteiger charge is 2.39.